The lowest BCUT2D eigenvalue weighted by Gasteiger charge is -1.87. The zero-order chi connectivity index (χ0) is 5.86. The molecule has 0 aliphatic carbocycles. The molecule has 0 heterocycles. The third-order valence-corrected chi connectivity index (χ3v) is 0.524. The fourth-order valence-corrected chi connectivity index (χ4v) is 0.224. The van der Waals surface area contributed by atoms with Crippen molar-refractivity contribution in [3.05, 3.63) is 0 Å². The zero-order valence-electron chi connectivity index (χ0n) is 3.12. The maximum absolute atomic E-state index is 9.39. The van der Waals surface area contributed by atoms with Crippen LogP contribution in [0.3, 0.4) is 0 Å². The van der Waals surface area contributed by atoms with E-state index in [9.17, 15) is 9.36 Å². The number of rotatable bonds is 1. The summed E-state index contributed by atoms with van der Waals surface area (Å²) in [5, 5.41) is 7.53. The molecule has 7 heavy (non-hydrogen) atoms. The van der Waals surface area contributed by atoms with Gasteiger partial charge in [0.25, 0.3) is 0 Å². The molecule has 2 N–H and O–H groups in total. The van der Waals surface area contributed by atoms with Gasteiger partial charge in [-0.25, -0.2) is 9.36 Å². The molecule has 5 nitrogen and oxygen atoms in total. The summed E-state index contributed by atoms with van der Waals surface area (Å²) in [6.07, 6.45) is -1.73. The van der Waals surface area contributed by atoms with E-state index in [1.165, 1.54) is 0 Å². The van der Waals surface area contributed by atoms with Crippen LogP contribution in [0, 0.1) is 0 Å². The van der Waals surface area contributed by atoms with Crippen molar-refractivity contribution in [2.45, 2.75) is 0 Å². The lowest BCUT2D eigenvalue weighted by molar-refractivity contribution is 0.142. The Morgan fingerprint density at radius 1 is 1.71 bits per heavy atom. The summed E-state index contributed by atoms with van der Waals surface area (Å²) in [7, 11) is -3.28. The fraction of sp³-hybridized carbons (Fsp3) is 0. The van der Waals surface area contributed by atoms with Gasteiger partial charge < -0.3 is 14.5 Å². The Morgan fingerprint density at radius 3 is 2.14 bits per heavy atom. The Hall–Kier alpha value is -0.540. The van der Waals surface area contributed by atoms with Crippen LogP contribution in [-0.4, -0.2) is 16.2 Å². The molecule has 0 aliphatic rings. The lowest BCUT2D eigenvalue weighted by Crippen LogP contribution is -1.89. The third kappa shape index (κ3) is 5.46. The highest BCUT2D eigenvalue weighted by atomic mass is 31.1. The molecule has 0 saturated heterocycles. The Morgan fingerprint density at radius 2 is 2.14 bits per heavy atom. The molecule has 0 aromatic carbocycles. The second kappa shape index (κ2) is 2.60. The highest BCUT2D eigenvalue weighted by Crippen LogP contribution is 2.13. The molecule has 0 aliphatic heterocycles. The molecule has 6 heteroatoms. The van der Waals surface area contributed by atoms with Gasteiger partial charge in [0.2, 0.25) is 0 Å². The van der Waals surface area contributed by atoms with Gasteiger partial charge in [-0.3, -0.25) is 0 Å². The molecular formula is CH3O5P. The molecule has 0 saturated carbocycles. The molecule has 0 rings (SSSR count). The van der Waals surface area contributed by atoms with Gasteiger partial charge in [0, 0.05) is 0 Å². The van der Waals surface area contributed by atoms with Crippen molar-refractivity contribution in [1.82, 2.24) is 0 Å². The first-order chi connectivity index (χ1) is 3.13. The van der Waals surface area contributed by atoms with Gasteiger partial charge in [0.05, 0.1) is 0 Å². The van der Waals surface area contributed by atoms with Gasteiger partial charge in [-0.1, -0.05) is 0 Å². The lowest BCUT2D eigenvalue weighted by atomic mass is 11.5. The topological polar surface area (TPSA) is 83.8 Å². The largest absolute Gasteiger partial charge is 0.512 e. The minimum Gasteiger partial charge on any atom is -0.449 e. The van der Waals surface area contributed by atoms with Crippen molar-refractivity contribution in [2.75, 3.05) is 0 Å². The number of carbonyl (C=O) groups is 1. The van der Waals surface area contributed by atoms with Crippen LogP contribution in [-0.2, 0) is 9.09 Å². The van der Waals surface area contributed by atoms with Gasteiger partial charge in [-0.15, -0.1) is 0 Å². The number of hydrogen-bond acceptors (Lipinski definition) is 3. The summed E-state index contributed by atoms with van der Waals surface area (Å²) < 4.78 is 12.7. The van der Waals surface area contributed by atoms with E-state index in [2.05, 4.69) is 4.52 Å². The van der Waals surface area contributed by atoms with Gasteiger partial charge >= 0.3 is 14.4 Å². The van der Waals surface area contributed by atoms with Gasteiger partial charge in [0.1, 0.15) is 0 Å². The highest BCUT2D eigenvalue weighted by Gasteiger charge is 1.96. The zero-order valence-corrected chi connectivity index (χ0v) is 4.12. The number of hydrogen-bond donors (Lipinski definition) is 2. The maximum atomic E-state index is 9.39. The van der Waals surface area contributed by atoms with E-state index in [-0.39, 0.29) is 0 Å². The summed E-state index contributed by atoms with van der Waals surface area (Å²) in [4.78, 5) is 16.9. The normalized spacial score (nSPS) is 12.7. The van der Waals surface area contributed by atoms with E-state index < -0.39 is 14.4 Å². The first-order valence-electron chi connectivity index (χ1n) is 1.26. The fourth-order valence-electron chi connectivity index (χ4n) is 0.0747. The molecule has 42 valence electrons. The van der Waals surface area contributed by atoms with E-state index in [0.29, 0.717) is 0 Å². The first-order valence-corrected chi connectivity index (χ1v) is 2.53. The molecule has 0 aromatic rings. The monoisotopic (exact) mass is 126 g/mol. The van der Waals surface area contributed by atoms with Crippen molar-refractivity contribution >= 4 is 14.4 Å². The van der Waals surface area contributed by atoms with E-state index >= 15 is 0 Å². The summed E-state index contributed by atoms with van der Waals surface area (Å²) in [6.45, 7) is 0. The molecule has 0 spiro atoms. The Kier molecular flexibility index (Phi) is 2.40. The summed E-state index contributed by atoms with van der Waals surface area (Å²) in [5.74, 6) is 0. The van der Waals surface area contributed by atoms with Crippen LogP contribution >= 0.6 is 8.25 Å². The molecule has 0 aromatic heterocycles. The average Bonchev–Trinajstić information content (AvgIpc) is 1.27. The van der Waals surface area contributed by atoms with Crippen molar-refractivity contribution < 1.29 is 23.9 Å². The summed E-state index contributed by atoms with van der Waals surface area (Å²) >= 11 is 0. The van der Waals surface area contributed by atoms with E-state index in [1.54, 1.807) is 0 Å². The molecule has 0 bridgehead atoms. The Balaban J connectivity index is 3.32. The second-order valence-corrected chi connectivity index (χ2v) is 1.37. The minimum atomic E-state index is -3.28. The molecule has 0 radical (unpaired) electrons. The molecular weight excluding hydrogens is 123 g/mol. The average molecular weight is 126 g/mol. The van der Waals surface area contributed by atoms with Crippen molar-refractivity contribution in [2.24, 2.45) is 0 Å². The van der Waals surface area contributed by atoms with Crippen molar-refractivity contribution in [1.29, 1.82) is 0 Å². The standard InChI is InChI=1S/CH3O5P/c2-1(3)6-7(4)5/h7H,(H,2,3)(H,4,5). The second-order valence-electron chi connectivity index (χ2n) is 0.634. The Labute approximate surface area is 39.5 Å². The van der Waals surface area contributed by atoms with Gasteiger partial charge in [-0.2, -0.15) is 0 Å². The smallest absolute Gasteiger partial charge is 0.449 e. The van der Waals surface area contributed by atoms with Crippen LogP contribution in [0.25, 0.3) is 0 Å². The van der Waals surface area contributed by atoms with Crippen molar-refractivity contribution in [3.8, 4) is 0 Å². The predicted molar refractivity (Wildman–Crippen MR) is 20.3 cm³/mol. The summed E-state index contributed by atoms with van der Waals surface area (Å²) in [6, 6.07) is 0. The quantitative estimate of drug-likeness (QED) is 0.485. The van der Waals surface area contributed by atoms with Crippen LogP contribution in [0.1, 0.15) is 0 Å². The summed E-state index contributed by atoms with van der Waals surface area (Å²) in [5.41, 5.74) is 0. The Bertz CT molecular complexity index is 84.3. The highest BCUT2D eigenvalue weighted by molar-refractivity contribution is 7.32. The SMILES string of the molecule is O=C(O)O[PH](=O)O. The molecule has 0 fully saturated rings. The van der Waals surface area contributed by atoms with Crippen LogP contribution < -0.4 is 0 Å². The van der Waals surface area contributed by atoms with Gasteiger partial charge in [0.15, 0.2) is 0 Å². The molecule has 1 unspecified atom stereocenters. The van der Waals surface area contributed by atoms with Crippen molar-refractivity contribution in [3.63, 3.8) is 0 Å². The van der Waals surface area contributed by atoms with Crippen LogP contribution in [0.15, 0.2) is 0 Å². The van der Waals surface area contributed by atoms with Crippen LogP contribution in [0.4, 0.5) is 4.79 Å². The van der Waals surface area contributed by atoms with Crippen LogP contribution in [0.2, 0.25) is 0 Å². The van der Waals surface area contributed by atoms with E-state index in [1.807, 2.05) is 0 Å². The first kappa shape index (κ1) is 6.46. The van der Waals surface area contributed by atoms with E-state index in [0.717, 1.165) is 0 Å². The number of carboxylic acid groups (broad SMARTS) is 1. The molecule has 0 amide bonds. The van der Waals surface area contributed by atoms with Gasteiger partial charge in [-0.05, 0) is 0 Å². The molecule has 1 atom stereocenters. The minimum absolute atomic E-state index is 1.73. The van der Waals surface area contributed by atoms with E-state index in [4.69, 9.17) is 10.00 Å². The third-order valence-electron chi connectivity index (χ3n) is 0.175. The van der Waals surface area contributed by atoms with Crippen LogP contribution in [0.5, 0.6) is 0 Å². The maximum Gasteiger partial charge on any atom is 0.512 e. The predicted octanol–water partition coefficient (Wildman–Crippen LogP) is 0.0630.